The first-order valence-corrected chi connectivity index (χ1v) is 6.10. The maximum atomic E-state index is 5.63. The minimum absolute atomic E-state index is 0.812. The van der Waals surface area contributed by atoms with E-state index in [1.165, 1.54) is 0 Å². The lowest BCUT2D eigenvalue weighted by Crippen LogP contribution is -2.23. The normalized spacial score (nSPS) is 15.2. The summed E-state index contributed by atoms with van der Waals surface area (Å²) >= 11 is 0. The predicted molar refractivity (Wildman–Crippen MR) is 71.9 cm³/mol. The van der Waals surface area contributed by atoms with Crippen LogP contribution in [-0.2, 0) is 0 Å². The molecule has 4 rings (SSSR count). The molecule has 0 spiro atoms. The van der Waals surface area contributed by atoms with Gasteiger partial charge in [-0.2, -0.15) is 0 Å². The molecule has 0 radical (unpaired) electrons. The first-order chi connectivity index (χ1) is 9.42. The fourth-order valence-corrected chi connectivity index (χ4v) is 2.27. The van der Waals surface area contributed by atoms with Gasteiger partial charge in [-0.05, 0) is 18.2 Å². The monoisotopic (exact) mass is 246 g/mol. The van der Waals surface area contributed by atoms with Gasteiger partial charge in [0.05, 0.1) is 10.7 Å². The van der Waals surface area contributed by atoms with Crippen molar-refractivity contribution in [1.82, 2.24) is 0 Å². The number of allylic oxidation sites excluding steroid dienone is 1. The van der Waals surface area contributed by atoms with Crippen molar-refractivity contribution in [3.05, 3.63) is 83.0 Å². The van der Waals surface area contributed by atoms with E-state index in [0.29, 0.717) is 0 Å². The number of hydrogen-bond donors (Lipinski definition) is 0. The summed E-state index contributed by atoms with van der Waals surface area (Å²) in [5.74, 6) is 0.842. The highest BCUT2D eigenvalue weighted by Crippen LogP contribution is 2.35. The summed E-state index contributed by atoms with van der Waals surface area (Å²) in [6.07, 6.45) is 3.55. The van der Waals surface area contributed by atoms with Gasteiger partial charge < -0.3 is 4.74 Å². The Morgan fingerprint density at radius 2 is 1.63 bits per heavy atom. The Morgan fingerprint density at radius 1 is 0.842 bits per heavy atom. The van der Waals surface area contributed by atoms with E-state index in [2.05, 4.69) is 9.98 Å². The van der Waals surface area contributed by atoms with Gasteiger partial charge in [-0.1, -0.05) is 30.3 Å². The molecule has 0 aliphatic carbocycles. The molecule has 3 heteroatoms. The minimum Gasteiger partial charge on any atom is -0.462 e. The van der Waals surface area contributed by atoms with Crippen LogP contribution >= 0.6 is 0 Å². The summed E-state index contributed by atoms with van der Waals surface area (Å²) in [5.41, 5.74) is 2.84. The van der Waals surface area contributed by atoms with Gasteiger partial charge in [0.15, 0.2) is 0 Å². The van der Waals surface area contributed by atoms with E-state index < -0.39 is 0 Å². The van der Waals surface area contributed by atoms with Crippen molar-refractivity contribution in [3.8, 4) is 5.75 Å². The van der Waals surface area contributed by atoms with Crippen molar-refractivity contribution in [2.75, 3.05) is 0 Å². The minimum atomic E-state index is 0.812. The lowest BCUT2D eigenvalue weighted by molar-refractivity contribution is 0.470. The standard InChI is InChI=1S/C16H10N2O/c1-4-8-16-11(5-1)12-9-17-13-6-2-3-7-14(13)18-15(12)10-19-16/h1-10H. The van der Waals surface area contributed by atoms with E-state index in [-0.39, 0.29) is 0 Å². The molecule has 0 N–H and O–H groups in total. The molecule has 2 heterocycles. The molecule has 0 aromatic heterocycles. The van der Waals surface area contributed by atoms with Gasteiger partial charge >= 0.3 is 0 Å². The van der Waals surface area contributed by atoms with Gasteiger partial charge in [-0.15, -0.1) is 0 Å². The molecule has 2 aromatic carbocycles. The zero-order valence-electron chi connectivity index (χ0n) is 10.1. The van der Waals surface area contributed by atoms with Gasteiger partial charge in [0.2, 0.25) is 0 Å². The van der Waals surface area contributed by atoms with Crippen molar-refractivity contribution in [2.45, 2.75) is 0 Å². The Kier molecular flexibility index (Phi) is 2.12. The summed E-state index contributed by atoms with van der Waals surface area (Å²) in [6, 6.07) is 15.8. The summed E-state index contributed by atoms with van der Waals surface area (Å²) in [4.78, 5) is 9.15. The molecule has 2 aromatic rings. The maximum absolute atomic E-state index is 5.63. The summed E-state index contributed by atoms with van der Waals surface area (Å²) in [5, 5.41) is 1.74. The van der Waals surface area contributed by atoms with Gasteiger partial charge in [0.25, 0.3) is 0 Å². The van der Waals surface area contributed by atoms with E-state index >= 15 is 0 Å². The lowest BCUT2D eigenvalue weighted by atomic mass is 10.0. The topological polar surface area (TPSA) is 34.0 Å². The number of hydrogen-bond acceptors (Lipinski definition) is 3. The van der Waals surface area contributed by atoms with Crippen LogP contribution in [0.5, 0.6) is 5.75 Å². The SMILES string of the molecule is C1=C2N=c3ccccc3=NC=C2c2ccccc2O1. The number of ether oxygens (including phenoxy) is 1. The van der Waals surface area contributed by atoms with Crippen LogP contribution in [0, 0.1) is 0 Å². The first kappa shape index (κ1) is 10.3. The third-order valence-electron chi connectivity index (χ3n) is 3.21. The highest BCUT2D eigenvalue weighted by molar-refractivity contribution is 5.83. The van der Waals surface area contributed by atoms with Gasteiger partial charge in [0, 0.05) is 17.3 Å². The Bertz CT molecular complexity index is 847. The van der Waals surface area contributed by atoms with E-state index in [0.717, 1.165) is 33.3 Å². The summed E-state index contributed by atoms with van der Waals surface area (Å²) in [7, 11) is 0. The van der Waals surface area contributed by atoms with Crippen LogP contribution in [0.4, 0.5) is 0 Å². The second-order valence-electron chi connectivity index (χ2n) is 4.39. The number of nitrogens with zero attached hydrogens (tertiary/aromatic N) is 2. The summed E-state index contributed by atoms with van der Waals surface area (Å²) < 4.78 is 5.63. The van der Waals surface area contributed by atoms with Crippen LogP contribution in [0.3, 0.4) is 0 Å². The molecule has 0 saturated carbocycles. The predicted octanol–water partition coefficient (Wildman–Crippen LogP) is 2.21. The molecule has 0 atom stereocenters. The molecule has 90 valence electrons. The van der Waals surface area contributed by atoms with Crippen molar-refractivity contribution >= 4 is 5.57 Å². The Hall–Kier alpha value is -2.68. The third kappa shape index (κ3) is 1.59. The summed E-state index contributed by atoms with van der Waals surface area (Å²) in [6.45, 7) is 0. The Labute approximate surface area is 109 Å². The molecule has 2 aliphatic heterocycles. The van der Waals surface area contributed by atoms with Crippen molar-refractivity contribution < 1.29 is 4.74 Å². The number of rotatable bonds is 0. The van der Waals surface area contributed by atoms with Crippen LogP contribution in [0.1, 0.15) is 5.56 Å². The largest absolute Gasteiger partial charge is 0.462 e. The van der Waals surface area contributed by atoms with Crippen LogP contribution < -0.4 is 15.5 Å². The van der Waals surface area contributed by atoms with Crippen LogP contribution in [-0.4, -0.2) is 0 Å². The average Bonchev–Trinajstić information content (AvgIpc) is 2.66. The van der Waals surface area contributed by atoms with E-state index in [4.69, 9.17) is 4.74 Å². The zero-order valence-corrected chi connectivity index (χ0v) is 10.1. The molecule has 3 nitrogen and oxygen atoms in total. The Morgan fingerprint density at radius 3 is 2.58 bits per heavy atom. The fourth-order valence-electron chi connectivity index (χ4n) is 2.27. The van der Waals surface area contributed by atoms with Gasteiger partial charge in [-0.3, -0.25) is 4.99 Å². The smallest absolute Gasteiger partial charge is 0.134 e. The quantitative estimate of drug-likeness (QED) is 0.701. The highest BCUT2D eigenvalue weighted by Gasteiger charge is 2.18. The van der Waals surface area contributed by atoms with E-state index in [1.807, 2.05) is 54.7 Å². The highest BCUT2D eigenvalue weighted by atomic mass is 16.5. The molecule has 19 heavy (non-hydrogen) atoms. The molecule has 0 bridgehead atoms. The molecule has 0 saturated heterocycles. The Balaban J connectivity index is 2.02. The molecular formula is C16H10N2O. The van der Waals surface area contributed by atoms with Crippen molar-refractivity contribution in [3.63, 3.8) is 0 Å². The first-order valence-electron chi connectivity index (χ1n) is 6.10. The fraction of sp³-hybridized carbons (Fsp3) is 0. The van der Waals surface area contributed by atoms with Crippen molar-refractivity contribution in [2.24, 2.45) is 9.98 Å². The van der Waals surface area contributed by atoms with E-state index in [1.54, 1.807) is 6.26 Å². The molecule has 0 amide bonds. The molecule has 2 aliphatic rings. The number of fused-ring (bicyclic) bond motifs is 4. The third-order valence-corrected chi connectivity index (χ3v) is 3.21. The lowest BCUT2D eigenvalue weighted by Gasteiger charge is -2.16. The number of para-hydroxylation sites is 3. The average molecular weight is 246 g/mol. The molecule has 0 fully saturated rings. The van der Waals surface area contributed by atoms with E-state index in [9.17, 15) is 0 Å². The number of benzene rings is 2. The van der Waals surface area contributed by atoms with Crippen LogP contribution in [0.25, 0.3) is 5.57 Å². The van der Waals surface area contributed by atoms with Gasteiger partial charge in [0.1, 0.15) is 17.7 Å². The molecule has 0 unspecified atom stereocenters. The second kappa shape index (κ2) is 3.92. The van der Waals surface area contributed by atoms with Crippen molar-refractivity contribution in [1.29, 1.82) is 0 Å². The molecular weight excluding hydrogens is 236 g/mol. The maximum Gasteiger partial charge on any atom is 0.134 e. The second-order valence-corrected chi connectivity index (χ2v) is 4.39. The zero-order chi connectivity index (χ0) is 12.7. The van der Waals surface area contributed by atoms with Gasteiger partial charge in [-0.25, -0.2) is 4.99 Å². The van der Waals surface area contributed by atoms with Crippen LogP contribution in [0.15, 0.2) is 76.7 Å². The van der Waals surface area contributed by atoms with Crippen LogP contribution in [0.2, 0.25) is 0 Å².